The molecule has 0 aliphatic heterocycles. The first-order chi connectivity index (χ1) is 8.78. The molecule has 0 aliphatic rings. The van der Waals surface area contributed by atoms with Crippen molar-refractivity contribution in [1.82, 2.24) is 5.32 Å². The van der Waals surface area contributed by atoms with Crippen molar-refractivity contribution in [3.8, 4) is 5.75 Å². The molecule has 2 aromatic rings. The first kappa shape index (κ1) is 13.6. The fourth-order valence-corrected chi connectivity index (χ4v) is 3.95. The summed E-state index contributed by atoms with van der Waals surface area (Å²) in [5.74, 6) is 0.949. The summed E-state index contributed by atoms with van der Waals surface area (Å²) in [4.78, 5) is 4.15. The molecule has 0 aromatic carbocycles. The number of hydrogen-bond donors (Lipinski definition) is 1. The number of nitrogens with one attached hydrogen (secondary N) is 1. The molecule has 2 nitrogen and oxygen atoms in total. The van der Waals surface area contributed by atoms with Crippen LogP contribution in [0.15, 0.2) is 23.6 Å². The van der Waals surface area contributed by atoms with Gasteiger partial charge in [-0.25, -0.2) is 0 Å². The van der Waals surface area contributed by atoms with Crippen LogP contribution in [0.1, 0.15) is 34.5 Å². The van der Waals surface area contributed by atoms with Gasteiger partial charge in [0, 0.05) is 20.0 Å². The summed E-state index contributed by atoms with van der Waals surface area (Å²) in [7, 11) is 1.72. The van der Waals surface area contributed by atoms with Crippen molar-refractivity contribution in [1.29, 1.82) is 0 Å². The summed E-state index contributed by atoms with van der Waals surface area (Å²) in [6.07, 6.45) is 1.11. The van der Waals surface area contributed by atoms with Crippen LogP contribution >= 0.6 is 22.7 Å². The number of methoxy groups -OCH3 is 1. The molecule has 1 N–H and O–H groups in total. The van der Waals surface area contributed by atoms with Gasteiger partial charge >= 0.3 is 0 Å². The summed E-state index contributed by atoms with van der Waals surface area (Å²) < 4.78 is 5.27. The normalized spacial score (nSPS) is 12.6. The molecule has 0 saturated heterocycles. The zero-order valence-electron chi connectivity index (χ0n) is 11.0. The lowest BCUT2D eigenvalue weighted by atomic mass is 10.2. The number of rotatable bonds is 6. The minimum atomic E-state index is 0.300. The van der Waals surface area contributed by atoms with Crippen molar-refractivity contribution < 1.29 is 4.74 Å². The van der Waals surface area contributed by atoms with Crippen molar-refractivity contribution in [2.75, 3.05) is 13.7 Å². The lowest BCUT2D eigenvalue weighted by molar-refractivity contribution is 0.416. The van der Waals surface area contributed by atoms with Gasteiger partial charge in [-0.15, -0.1) is 22.7 Å². The molecule has 2 heterocycles. The third-order valence-electron chi connectivity index (χ3n) is 2.84. The minimum Gasteiger partial charge on any atom is -0.496 e. The monoisotopic (exact) mass is 281 g/mol. The largest absolute Gasteiger partial charge is 0.496 e. The summed E-state index contributed by atoms with van der Waals surface area (Å²) in [6, 6.07) is 6.90. The molecular formula is C14H19NOS2. The Balaban J connectivity index is 2.26. The van der Waals surface area contributed by atoms with Crippen molar-refractivity contribution in [2.45, 2.75) is 26.3 Å². The molecule has 0 aliphatic carbocycles. The van der Waals surface area contributed by atoms with E-state index in [-0.39, 0.29) is 0 Å². The summed E-state index contributed by atoms with van der Waals surface area (Å²) in [5.41, 5.74) is 0. The predicted molar refractivity (Wildman–Crippen MR) is 80.1 cm³/mol. The third kappa shape index (κ3) is 2.94. The maximum absolute atomic E-state index is 5.27. The van der Waals surface area contributed by atoms with Crippen molar-refractivity contribution in [3.63, 3.8) is 0 Å². The number of ether oxygens (including phenoxy) is 1. The van der Waals surface area contributed by atoms with Gasteiger partial charge in [0.1, 0.15) is 5.75 Å². The van der Waals surface area contributed by atoms with E-state index in [4.69, 9.17) is 4.74 Å². The van der Waals surface area contributed by atoms with Crippen LogP contribution in [0, 0.1) is 0 Å². The Morgan fingerprint density at radius 2 is 2.11 bits per heavy atom. The van der Waals surface area contributed by atoms with E-state index in [1.165, 1.54) is 14.6 Å². The molecule has 0 bridgehead atoms. The molecule has 0 fully saturated rings. The van der Waals surface area contributed by atoms with E-state index in [2.05, 4.69) is 42.7 Å². The highest BCUT2D eigenvalue weighted by Gasteiger charge is 2.17. The second kappa shape index (κ2) is 6.36. The molecule has 0 saturated carbocycles. The molecule has 2 aromatic heterocycles. The Labute approximate surface area is 117 Å². The molecule has 0 spiro atoms. The quantitative estimate of drug-likeness (QED) is 0.861. The smallest absolute Gasteiger partial charge is 0.129 e. The van der Waals surface area contributed by atoms with Gasteiger partial charge in [-0.1, -0.05) is 13.8 Å². The number of thiophene rings is 2. The highest BCUT2D eigenvalue weighted by atomic mass is 32.1. The van der Waals surface area contributed by atoms with E-state index in [1.807, 2.05) is 11.3 Å². The van der Waals surface area contributed by atoms with E-state index in [1.54, 1.807) is 18.4 Å². The van der Waals surface area contributed by atoms with E-state index in [0.717, 1.165) is 18.7 Å². The molecule has 0 amide bonds. The van der Waals surface area contributed by atoms with Gasteiger partial charge in [0.2, 0.25) is 0 Å². The highest BCUT2D eigenvalue weighted by molar-refractivity contribution is 7.13. The van der Waals surface area contributed by atoms with E-state index in [0.29, 0.717) is 6.04 Å². The zero-order valence-corrected chi connectivity index (χ0v) is 12.7. The van der Waals surface area contributed by atoms with Crippen LogP contribution in [-0.2, 0) is 6.42 Å². The number of hydrogen-bond acceptors (Lipinski definition) is 4. The van der Waals surface area contributed by atoms with Gasteiger partial charge < -0.3 is 10.1 Å². The molecular weight excluding hydrogens is 262 g/mol. The second-order valence-corrected chi connectivity index (χ2v) is 6.18. The molecule has 98 valence electrons. The Hall–Kier alpha value is -0.840. The number of aryl methyl sites for hydroxylation is 1. The molecule has 4 heteroatoms. The zero-order chi connectivity index (χ0) is 13.0. The summed E-state index contributed by atoms with van der Waals surface area (Å²) in [5, 5.41) is 5.62. The third-order valence-corrected chi connectivity index (χ3v) is 5.11. The maximum Gasteiger partial charge on any atom is 0.129 e. The van der Waals surface area contributed by atoms with Crippen LogP contribution < -0.4 is 10.1 Å². The lowest BCUT2D eigenvalue weighted by Crippen LogP contribution is -2.20. The Bertz CT molecular complexity index is 447. The van der Waals surface area contributed by atoms with E-state index < -0.39 is 0 Å². The Morgan fingerprint density at radius 1 is 1.28 bits per heavy atom. The minimum absolute atomic E-state index is 0.300. The molecule has 2 rings (SSSR count). The van der Waals surface area contributed by atoms with Crippen molar-refractivity contribution in [2.24, 2.45) is 0 Å². The van der Waals surface area contributed by atoms with E-state index >= 15 is 0 Å². The van der Waals surface area contributed by atoms with Gasteiger partial charge in [0.25, 0.3) is 0 Å². The SMILES string of the molecule is CCNC(c1cc(OC)cs1)c1ccc(CC)s1. The van der Waals surface area contributed by atoms with Crippen LogP contribution in [0.2, 0.25) is 0 Å². The van der Waals surface area contributed by atoms with Crippen molar-refractivity contribution >= 4 is 22.7 Å². The van der Waals surface area contributed by atoms with Crippen LogP contribution in [-0.4, -0.2) is 13.7 Å². The topological polar surface area (TPSA) is 21.3 Å². The average Bonchev–Trinajstić information content (AvgIpc) is 3.04. The lowest BCUT2D eigenvalue weighted by Gasteiger charge is -2.14. The van der Waals surface area contributed by atoms with Crippen LogP contribution in [0.5, 0.6) is 5.75 Å². The van der Waals surface area contributed by atoms with Gasteiger partial charge in [0.05, 0.1) is 13.2 Å². The summed E-state index contributed by atoms with van der Waals surface area (Å²) >= 11 is 3.65. The molecule has 0 radical (unpaired) electrons. The van der Waals surface area contributed by atoms with E-state index in [9.17, 15) is 0 Å². The first-order valence-corrected chi connectivity index (χ1v) is 7.92. The average molecular weight is 281 g/mol. The van der Waals surface area contributed by atoms with Gasteiger partial charge in [-0.2, -0.15) is 0 Å². The Morgan fingerprint density at radius 3 is 2.67 bits per heavy atom. The predicted octanol–water partition coefficient (Wildman–Crippen LogP) is 4.08. The van der Waals surface area contributed by atoms with Gasteiger partial charge in [-0.05, 0) is 31.2 Å². The first-order valence-electron chi connectivity index (χ1n) is 6.22. The molecule has 18 heavy (non-hydrogen) atoms. The van der Waals surface area contributed by atoms with Gasteiger partial charge in [-0.3, -0.25) is 0 Å². The van der Waals surface area contributed by atoms with Crippen molar-refractivity contribution in [3.05, 3.63) is 38.2 Å². The standard InChI is InChI=1S/C14H19NOS2/c1-4-11-6-7-12(18-11)14(15-5-2)13-8-10(16-3)9-17-13/h6-9,14-15H,4-5H2,1-3H3. The Kier molecular flexibility index (Phi) is 4.80. The van der Waals surface area contributed by atoms with Gasteiger partial charge in [0.15, 0.2) is 0 Å². The fraction of sp³-hybridized carbons (Fsp3) is 0.429. The highest BCUT2D eigenvalue weighted by Crippen LogP contribution is 2.34. The van der Waals surface area contributed by atoms with Crippen LogP contribution in [0.3, 0.4) is 0 Å². The summed E-state index contributed by atoms with van der Waals surface area (Å²) in [6.45, 7) is 5.31. The fourth-order valence-electron chi connectivity index (χ4n) is 1.88. The molecule has 1 unspecified atom stereocenters. The van der Waals surface area contributed by atoms with Crippen LogP contribution in [0.4, 0.5) is 0 Å². The molecule has 1 atom stereocenters. The second-order valence-electron chi connectivity index (χ2n) is 4.04. The van der Waals surface area contributed by atoms with Crippen LogP contribution in [0.25, 0.3) is 0 Å². The maximum atomic E-state index is 5.27.